The van der Waals surface area contributed by atoms with Gasteiger partial charge in [0, 0.05) is 37.3 Å². The number of hydrogen-bond donors (Lipinski definition) is 2. The fourth-order valence-corrected chi connectivity index (χ4v) is 2.88. The minimum atomic E-state index is 0.217. The summed E-state index contributed by atoms with van der Waals surface area (Å²) in [7, 11) is 2.12. The Labute approximate surface area is 130 Å². The first-order chi connectivity index (χ1) is 10.2. The number of aryl methyl sites for hydroxylation is 1. The second-order valence-electron chi connectivity index (χ2n) is 5.20. The highest BCUT2D eigenvalue weighted by atomic mass is 32.1. The molecule has 1 atom stereocenters. The number of nitrogens with zero attached hydrogens (tertiary/aromatic N) is 3. The number of ether oxygens (including phenoxy) is 1. The molecule has 6 nitrogen and oxygen atoms in total. The van der Waals surface area contributed by atoms with Gasteiger partial charge in [0.2, 0.25) is 0 Å². The van der Waals surface area contributed by atoms with Gasteiger partial charge < -0.3 is 20.3 Å². The van der Waals surface area contributed by atoms with E-state index < -0.39 is 0 Å². The van der Waals surface area contributed by atoms with Crippen LogP contribution in [0.15, 0.2) is 11.2 Å². The van der Waals surface area contributed by atoms with Crippen molar-refractivity contribution >= 4 is 17.3 Å². The number of morpholine rings is 1. The molecule has 2 N–H and O–H groups in total. The monoisotopic (exact) mass is 311 g/mol. The molecule has 21 heavy (non-hydrogen) atoms. The van der Waals surface area contributed by atoms with Crippen LogP contribution < -0.4 is 10.6 Å². The van der Waals surface area contributed by atoms with Crippen molar-refractivity contribution in [1.82, 2.24) is 20.5 Å². The van der Waals surface area contributed by atoms with Crippen LogP contribution in [0.25, 0.3) is 0 Å². The Morgan fingerprint density at radius 1 is 1.57 bits per heavy atom. The molecule has 1 unspecified atom stereocenters. The zero-order chi connectivity index (χ0) is 15.1. The third-order valence-electron chi connectivity index (χ3n) is 3.22. The summed E-state index contributed by atoms with van der Waals surface area (Å²) in [6.45, 7) is 9.11. The van der Waals surface area contributed by atoms with Crippen molar-refractivity contribution in [3.63, 3.8) is 0 Å². The van der Waals surface area contributed by atoms with E-state index in [1.807, 2.05) is 6.20 Å². The number of aromatic nitrogens is 1. The molecule has 0 spiro atoms. The van der Waals surface area contributed by atoms with Crippen molar-refractivity contribution in [1.29, 1.82) is 0 Å². The van der Waals surface area contributed by atoms with Crippen LogP contribution in [-0.4, -0.2) is 61.8 Å². The smallest absolute Gasteiger partial charge is 0.191 e. The zero-order valence-corrected chi connectivity index (χ0v) is 13.9. The third-order valence-corrected chi connectivity index (χ3v) is 4.12. The molecule has 1 aromatic rings. The van der Waals surface area contributed by atoms with E-state index in [-0.39, 0.29) is 6.10 Å². The summed E-state index contributed by atoms with van der Waals surface area (Å²) < 4.78 is 5.75. The topological polar surface area (TPSA) is 61.8 Å². The molecule has 1 aromatic heterocycles. The van der Waals surface area contributed by atoms with E-state index in [0.29, 0.717) is 6.54 Å². The van der Waals surface area contributed by atoms with Crippen LogP contribution in [-0.2, 0) is 11.3 Å². The van der Waals surface area contributed by atoms with Crippen LogP contribution >= 0.6 is 11.3 Å². The van der Waals surface area contributed by atoms with Gasteiger partial charge in [0.1, 0.15) is 5.01 Å². The Hall–Kier alpha value is -1.18. The van der Waals surface area contributed by atoms with Crippen molar-refractivity contribution in [2.24, 2.45) is 4.99 Å². The van der Waals surface area contributed by atoms with Crippen molar-refractivity contribution in [2.75, 3.05) is 39.8 Å². The Bertz CT molecular complexity index is 462. The lowest BCUT2D eigenvalue weighted by Crippen LogP contribution is -2.48. The number of guanidine groups is 1. The molecule has 0 radical (unpaired) electrons. The molecule has 0 bridgehead atoms. The molecule has 0 saturated carbocycles. The SMILES string of the molecule is CCNC(=NCc1ncc(C)s1)NCC1CN(C)CCO1. The summed E-state index contributed by atoms with van der Waals surface area (Å²) in [6, 6.07) is 0. The Kier molecular flexibility index (Phi) is 6.41. The fourth-order valence-electron chi connectivity index (χ4n) is 2.16. The standard InChI is InChI=1S/C14H25N5OS/c1-4-15-14(18-9-13-16-7-11(2)21-13)17-8-12-10-19(3)5-6-20-12/h7,12H,4-6,8-10H2,1-3H3,(H2,15,17,18). The highest BCUT2D eigenvalue weighted by molar-refractivity contribution is 7.11. The normalized spacial score (nSPS) is 20.5. The van der Waals surface area contributed by atoms with E-state index in [4.69, 9.17) is 4.74 Å². The summed E-state index contributed by atoms with van der Waals surface area (Å²) in [5.74, 6) is 0.821. The molecular formula is C14H25N5OS. The number of rotatable bonds is 5. The number of likely N-dealkylation sites (N-methyl/N-ethyl adjacent to an activating group) is 1. The summed E-state index contributed by atoms with van der Waals surface area (Å²) in [6.07, 6.45) is 2.11. The molecule has 2 rings (SSSR count). The molecule has 0 aliphatic carbocycles. The summed E-state index contributed by atoms with van der Waals surface area (Å²) >= 11 is 1.69. The molecule has 1 aliphatic heterocycles. The van der Waals surface area contributed by atoms with Gasteiger partial charge in [0.25, 0.3) is 0 Å². The Morgan fingerprint density at radius 3 is 3.10 bits per heavy atom. The predicted octanol–water partition coefficient (Wildman–Crippen LogP) is 0.837. The summed E-state index contributed by atoms with van der Waals surface area (Å²) in [5, 5.41) is 7.65. The van der Waals surface area contributed by atoms with E-state index in [0.717, 1.165) is 43.8 Å². The molecule has 0 amide bonds. The van der Waals surface area contributed by atoms with Crippen molar-refractivity contribution in [3.8, 4) is 0 Å². The molecule has 1 aliphatic rings. The third kappa shape index (κ3) is 5.61. The number of aliphatic imine (C=N–C) groups is 1. The van der Waals surface area contributed by atoms with Gasteiger partial charge >= 0.3 is 0 Å². The zero-order valence-electron chi connectivity index (χ0n) is 13.1. The lowest BCUT2D eigenvalue weighted by atomic mass is 10.3. The molecule has 118 valence electrons. The minimum absolute atomic E-state index is 0.217. The highest BCUT2D eigenvalue weighted by Gasteiger charge is 2.17. The lowest BCUT2D eigenvalue weighted by Gasteiger charge is -2.30. The molecular weight excluding hydrogens is 286 g/mol. The minimum Gasteiger partial charge on any atom is -0.374 e. The summed E-state index contributed by atoms with van der Waals surface area (Å²) in [4.78, 5) is 12.4. The molecule has 0 aromatic carbocycles. The van der Waals surface area contributed by atoms with Crippen LogP contribution in [0.3, 0.4) is 0 Å². The van der Waals surface area contributed by atoms with Crippen LogP contribution in [0.5, 0.6) is 0 Å². The van der Waals surface area contributed by atoms with E-state index in [2.05, 4.69) is 46.4 Å². The summed E-state index contributed by atoms with van der Waals surface area (Å²) in [5.41, 5.74) is 0. The lowest BCUT2D eigenvalue weighted by molar-refractivity contribution is -0.0161. The Morgan fingerprint density at radius 2 is 2.43 bits per heavy atom. The van der Waals surface area contributed by atoms with Crippen molar-refractivity contribution < 1.29 is 4.74 Å². The first-order valence-corrected chi connectivity index (χ1v) is 8.22. The van der Waals surface area contributed by atoms with Crippen molar-refractivity contribution in [2.45, 2.75) is 26.5 Å². The van der Waals surface area contributed by atoms with Crippen molar-refractivity contribution in [3.05, 3.63) is 16.1 Å². The number of nitrogens with one attached hydrogen (secondary N) is 2. The first kappa shape index (κ1) is 16.2. The van der Waals surface area contributed by atoms with Gasteiger partial charge in [-0.25, -0.2) is 9.98 Å². The molecule has 7 heteroatoms. The highest BCUT2D eigenvalue weighted by Crippen LogP contribution is 2.11. The van der Waals surface area contributed by atoms with E-state index in [9.17, 15) is 0 Å². The van der Waals surface area contributed by atoms with Gasteiger partial charge in [0.15, 0.2) is 5.96 Å². The van der Waals surface area contributed by atoms with Crippen LogP contribution in [0.2, 0.25) is 0 Å². The first-order valence-electron chi connectivity index (χ1n) is 7.41. The fraction of sp³-hybridized carbons (Fsp3) is 0.714. The number of hydrogen-bond acceptors (Lipinski definition) is 5. The second kappa shape index (κ2) is 8.31. The van der Waals surface area contributed by atoms with Gasteiger partial charge in [-0.15, -0.1) is 11.3 Å². The van der Waals surface area contributed by atoms with Crippen LogP contribution in [0.1, 0.15) is 16.8 Å². The average molecular weight is 311 g/mol. The van der Waals surface area contributed by atoms with Gasteiger partial charge in [-0.2, -0.15) is 0 Å². The largest absolute Gasteiger partial charge is 0.374 e. The predicted molar refractivity (Wildman–Crippen MR) is 86.9 cm³/mol. The van der Waals surface area contributed by atoms with Gasteiger partial charge in [-0.05, 0) is 20.9 Å². The maximum atomic E-state index is 5.75. The maximum absolute atomic E-state index is 5.75. The average Bonchev–Trinajstić information content (AvgIpc) is 2.88. The van der Waals surface area contributed by atoms with Gasteiger partial charge in [-0.3, -0.25) is 0 Å². The quantitative estimate of drug-likeness (QED) is 0.623. The Balaban J connectivity index is 1.83. The van der Waals surface area contributed by atoms with E-state index in [1.165, 1.54) is 4.88 Å². The maximum Gasteiger partial charge on any atom is 0.191 e. The van der Waals surface area contributed by atoms with Crippen LogP contribution in [0.4, 0.5) is 0 Å². The molecule has 2 heterocycles. The molecule has 1 fully saturated rings. The van der Waals surface area contributed by atoms with E-state index >= 15 is 0 Å². The van der Waals surface area contributed by atoms with Crippen LogP contribution in [0, 0.1) is 6.92 Å². The van der Waals surface area contributed by atoms with Gasteiger partial charge in [0.05, 0.1) is 19.3 Å². The van der Waals surface area contributed by atoms with E-state index in [1.54, 1.807) is 11.3 Å². The van der Waals surface area contributed by atoms with Gasteiger partial charge in [-0.1, -0.05) is 0 Å². The second-order valence-corrected chi connectivity index (χ2v) is 6.52. The molecule has 1 saturated heterocycles. The number of thiazole rings is 1.